The average molecular weight is 361 g/mol. The summed E-state index contributed by atoms with van der Waals surface area (Å²) >= 11 is 4.15. The smallest absolute Gasteiger partial charge is 0.251 e. The topological polar surface area (TPSA) is 29.1 Å². The van der Waals surface area contributed by atoms with Crippen LogP contribution in [0.15, 0.2) is 24.3 Å². The quantitative estimate of drug-likeness (QED) is 0.837. The van der Waals surface area contributed by atoms with E-state index < -0.39 is 0 Å². The molecule has 0 bridgehead atoms. The molecule has 0 aromatic heterocycles. The van der Waals surface area contributed by atoms with Crippen LogP contribution in [-0.4, -0.2) is 23.5 Å². The molecule has 0 radical (unpaired) electrons. The Hall–Kier alpha value is -0.230. The van der Waals surface area contributed by atoms with E-state index in [1.807, 2.05) is 36.0 Å². The summed E-state index contributed by atoms with van der Waals surface area (Å²) in [6.07, 6.45) is 5.59. The first-order valence-electron chi connectivity index (χ1n) is 5.78. The van der Waals surface area contributed by atoms with Gasteiger partial charge in [0.15, 0.2) is 0 Å². The number of rotatable bonds is 3. The van der Waals surface area contributed by atoms with Gasteiger partial charge < -0.3 is 5.32 Å². The lowest BCUT2D eigenvalue weighted by Gasteiger charge is -2.12. The molecule has 1 N–H and O–H groups in total. The lowest BCUT2D eigenvalue weighted by Crippen LogP contribution is -2.33. The van der Waals surface area contributed by atoms with Crippen molar-refractivity contribution in [1.29, 1.82) is 0 Å². The van der Waals surface area contributed by atoms with Crippen molar-refractivity contribution in [2.24, 2.45) is 0 Å². The number of carbonyl (C=O) groups excluding carboxylic acids is 1. The van der Waals surface area contributed by atoms with Crippen LogP contribution in [-0.2, 0) is 0 Å². The fourth-order valence-electron chi connectivity index (χ4n) is 2.16. The average Bonchev–Trinajstić information content (AvgIpc) is 2.77. The van der Waals surface area contributed by atoms with Gasteiger partial charge >= 0.3 is 0 Å². The van der Waals surface area contributed by atoms with Crippen LogP contribution in [0.4, 0.5) is 0 Å². The zero-order valence-corrected chi connectivity index (χ0v) is 12.8. The minimum atomic E-state index is 0.0631. The van der Waals surface area contributed by atoms with Gasteiger partial charge in [0.05, 0.1) is 0 Å². The van der Waals surface area contributed by atoms with Gasteiger partial charge in [0.2, 0.25) is 0 Å². The summed E-state index contributed by atoms with van der Waals surface area (Å²) in [5.41, 5.74) is 0.762. The third-order valence-corrected chi connectivity index (χ3v) is 4.97. The fourth-order valence-corrected chi connectivity index (χ4v) is 3.31. The van der Waals surface area contributed by atoms with Crippen LogP contribution in [0.3, 0.4) is 0 Å². The van der Waals surface area contributed by atoms with Crippen molar-refractivity contribution in [2.45, 2.75) is 30.6 Å². The number of hydrogen-bond donors (Lipinski definition) is 1. The monoisotopic (exact) mass is 361 g/mol. The molecule has 0 aliphatic heterocycles. The lowest BCUT2D eigenvalue weighted by molar-refractivity contribution is 0.0938. The van der Waals surface area contributed by atoms with Crippen LogP contribution in [0.1, 0.15) is 29.6 Å². The highest BCUT2D eigenvalue weighted by Gasteiger charge is 2.25. The summed E-state index contributed by atoms with van der Waals surface area (Å²) in [5, 5.41) is 3.84. The van der Waals surface area contributed by atoms with Crippen molar-refractivity contribution < 1.29 is 4.79 Å². The second-order valence-electron chi connectivity index (χ2n) is 4.35. The Balaban J connectivity index is 1.91. The Kier molecular flexibility index (Phi) is 4.73. The number of thioether (sulfide) groups is 1. The highest BCUT2D eigenvalue weighted by molar-refractivity contribution is 14.1. The third kappa shape index (κ3) is 3.61. The summed E-state index contributed by atoms with van der Waals surface area (Å²) in [4.78, 5) is 12.0. The van der Waals surface area contributed by atoms with E-state index in [0.717, 1.165) is 27.2 Å². The maximum atomic E-state index is 12.0. The van der Waals surface area contributed by atoms with E-state index in [2.05, 4.69) is 34.2 Å². The fraction of sp³-hybridized carbons (Fsp3) is 0.462. The predicted molar refractivity (Wildman–Crippen MR) is 81.6 cm³/mol. The molecule has 0 heterocycles. The molecule has 2 rings (SSSR count). The number of carbonyl (C=O) groups is 1. The van der Waals surface area contributed by atoms with Crippen LogP contribution < -0.4 is 5.32 Å². The van der Waals surface area contributed by atoms with Crippen LogP contribution in [0.2, 0.25) is 0 Å². The number of halogens is 1. The van der Waals surface area contributed by atoms with Gasteiger partial charge in [-0.2, -0.15) is 11.8 Å². The van der Waals surface area contributed by atoms with Crippen molar-refractivity contribution in [1.82, 2.24) is 5.32 Å². The van der Waals surface area contributed by atoms with Crippen LogP contribution in [0.25, 0.3) is 0 Å². The molecule has 2 nitrogen and oxygen atoms in total. The standard InChI is InChI=1S/C13H16INOS/c1-17-12-7-6-11(8-12)15-13(16)9-2-4-10(14)5-3-9/h2-5,11-12H,6-8H2,1H3,(H,15,16). The molecule has 1 fully saturated rings. The zero-order valence-electron chi connectivity index (χ0n) is 9.78. The molecular formula is C13H16INOS. The second-order valence-corrected chi connectivity index (χ2v) is 6.73. The Morgan fingerprint density at radius 2 is 2.06 bits per heavy atom. The van der Waals surface area contributed by atoms with E-state index in [0.29, 0.717) is 6.04 Å². The molecule has 92 valence electrons. The van der Waals surface area contributed by atoms with Crippen molar-refractivity contribution in [2.75, 3.05) is 6.26 Å². The van der Waals surface area contributed by atoms with Gasteiger partial charge in [0, 0.05) is 20.4 Å². The number of benzene rings is 1. The maximum Gasteiger partial charge on any atom is 0.251 e. The van der Waals surface area contributed by atoms with Gasteiger partial charge in [0.1, 0.15) is 0 Å². The first-order chi connectivity index (χ1) is 8.19. The molecular weight excluding hydrogens is 345 g/mol. The highest BCUT2D eigenvalue weighted by Crippen LogP contribution is 2.28. The molecule has 1 aliphatic carbocycles. The molecule has 1 aromatic carbocycles. The van der Waals surface area contributed by atoms with Gasteiger partial charge in [-0.15, -0.1) is 0 Å². The number of nitrogens with one attached hydrogen (secondary N) is 1. The van der Waals surface area contributed by atoms with E-state index >= 15 is 0 Å². The van der Waals surface area contributed by atoms with Crippen LogP contribution in [0.5, 0.6) is 0 Å². The first-order valence-corrected chi connectivity index (χ1v) is 8.15. The zero-order chi connectivity index (χ0) is 12.3. The van der Waals surface area contributed by atoms with Crippen molar-refractivity contribution in [3.05, 3.63) is 33.4 Å². The Labute approximate surface area is 120 Å². The van der Waals surface area contributed by atoms with E-state index in [4.69, 9.17) is 0 Å². The highest BCUT2D eigenvalue weighted by atomic mass is 127. The Morgan fingerprint density at radius 1 is 1.35 bits per heavy atom. The molecule has 1 amide bonds. The SMILES string of the molecule is CSC1CCC(NC(=O)c2ccc(I)cc2)C1. The minimum absolute atomic E-state index is 0.0631. The van der Waals surface area contributed by atoms with Crippen LogP contribution >= 0.6 is 34.4 Å². The molecule has 2 atom stereocenters. The van der Waals surface area contributed by atoms with Crippen LogP contribution in [0, 0.1) is 3.57 Å². The summed E-state index contributed by atoms with van der Waals surface area (Å²) < 4.78 is 1.16. The maximum absolute atomic E-state index is 12.0. The summed E-state index contributed by atoms with van der Waals surface area (Å²) in [6, 6.07) is 8.07. The number of hydrogen-bond acceptors (Lipinski definition) is 2. The lowest BCUT2D eigenvalue weighted by atomic mass is 10.2. The van der Waals surface area contributed by atoms with E-state index in [-0.39, 0.29) is 5.91 Å². The Bertz CT molecular complexity index is 393. The first kappa shape index (κ1) is 13.2. The molecule has 17 heavy (non-hydrogen) atoms. The molecule has 1 aromatic rings. The van der Waals surface area contributed by atoms with Gasteiger partial charge in [-0.05, 0) is 72.4 Å². The van der Waals surface area contributed by atoms with Gasteiger partial charge in [-0.25, -0.2) is 0 Å². The van der Waals surface area contributed by atoms with Gasteiger partial charge in [-0.3, -0.25) is 4.79 Å². The molecule has 4 heteroatoms. The molecule has 0 spiro atoms. The van der Waals surface area contributed by atoms with Gasteiger partial charge in [-0.1, -0.05) is 0 Å². The largest absolute Gasteiger partial charge is 0.349 e. The van der Waals surface area contributed by atoms with E-state index in [9.17, 15) is 4.79 Å². The molecule has 1 aliphatic rings. The van der Waals surface area contributed by atoms with E-state index in [1.165, 1.54) is 6.42 Å². The molecule has 2 unspecified atom stereocenters. The summed E-state index contributed by atoms with van der Waals surface area (Å²) in [6.45, 7) is 0. The van der Waals surface area contributed by atoms with E-state index in [1.54, 1.807) is 0 Å². The summed E-state index contributed by atoms with van der Waals surface area (Å²) in [7, 11) is 0. The number of amides is 1. The normalized spacial score (nSPS) is 23.6. The molecule has 1 saturated carbocycles. The van der Waals surface area contributed by atoms with Crippen molar-refractivity contribution >= 4 is 40.3 Å². The minimum Gasteiger partial charge on any atom is -0.349 e. The van der Waals surface area contributed by atoms with Crippen molar-refractivity contribution in [3.8, 4) is 0 Å². The third-order valence-electron chi connectivity index (χ3n) is 3.16. The van der Waals surface area contributed by atoms with Gasteiger partial charge in [0.25, 0.3) is 5.91 Å². The summed E-state index contributed by atoms with van der Waals surface area (Å²) in [5.74, 6) is 0.0631. The predicted octanol–water partition coefficient (Wildman–Crippen LogP) is 3.31. The van der Waals surface area contributed by atoms with Crippen molar-refractivity contribution in [3.63, 3.8) is 0 Å². The second kappa shape index (κ2) is 6.09. The molecule has 0 saturated heterocycles. The Morgan fingerprint density at radius 3 is 2.65 bits per heavy atom.